The summed E-state index contributed by atoms with van der Waals surface area (Å²) in [7, 11) is 0. The number of aromatic nitrogens is 3. The van der Waals surface area contributed by atoms with Crippen LogP contribution in [0.3, 0.4) is 0 Å². The molecule has 2 aromatic heterocycles. The molecule has 1 amide bonds. The van der Waals surface area contributed by atoms with Crippen LogP contribution < -0.4 is 15.8 Å². The molecule has 1 aromatic carbocycles. The number of anilines is 2. The molecule has 0 atom stereocenters. The number of thioether (sulfide) groups is 1. The molecule has 0 aliphatic carbocycles. The van der Waals surface area contributed by atoms with E-state index in [1.54, 1.807) is 4.57 Å². The minimum absolute atomic E-state index is 0.0785. The summed E-state index contributed by atoms with van der Waals surface area (Å²) in [5.74, 6) is 0.784. The van der Waals surface area contributed by atoms with Gasteiger partial charge < -0.3 is 10.2 Å². The Hall–Kier alpha value is -2.39. The molecular weight excluding hydrogens is 442 g/mol. The molecule has 1 N–H and O–H groups in total. The van der Waals surface area contributed by atoms with Crippen molar-refractivity contribution in [3.8, 4) is 0 Å². The quantitative estimate of drug-likeness (QED) is 0.406. The van der Waals surface area contributed by atoms with Crippen LogP contribution in [-0.2, 0) is 17.8 Å². The van der Waals surface area contributed by atoms with Gasteiger partial charge in [0.2, 0.25) is 5.91 Å². The third-order valence-corrected chi connectivity index (χ3v) is 7.86. The first-order valence-electron chi connectivity index (χ1n) is 11.2. The number of carbonyl (C=O) groups is 1. The normalized spacial score (nSPS) is 14.8. The molecule has 1 aliphatic heterocycles. The highest BCUT2D eigenvalue weighted by Crippen LogP contribution is 2.30. The molecule has 32 heavy (non-hydrogen) atoms. The Labute approximate surface area is 196 Å². The van der Waals surface area contributed by atoms with Gasteiger partial charge in [-0.25, -0.2) is 4.98 Å². The molecule has 0 saturated carbocycles. The monoisotopic (exact) mass is 471 g/mol. The Kier molecular flexibility index (Phi) is 7.15. The first-order chi connectivity index (χ1) is 15.5. The van der Waals surface area contributed by atoms with Crippen LogP contribution in [0, 0.1) is 5.92 Å². The molecule has 0 unspecified atom stereocenters. The second kappa shape index (κ2) is 10.0. The SMILES string of the molecule is CCc1cccc(NC(=O)CSc2nc3nc(N4CCC(C)CC4)sc3c(=O)n2CC)c1. The predicted molar refractivity (Wildman–Crippen MR) is 133 cm³/mol. The molecule has 0 spiro atoms. The lowest BCUT2D eigenvalue weighted by Crippen LogP contribution is -2.32. The smallest absolute Gasteiger partial charge is 0.273 e. The largest absolute Gasteiger partial charge is 0.348 e. The van der Waals surface area contributed by atoms with E-state index in [1.165, 1.54) is 28.7 Å². The predicted octanol–water partition coefficient (Wildman–Crippen LogP) is 4.40. The van der Waals surface area contributed by atoms with E-state index in [0.29, 0.717) is 22.0 Å². The molecule has 1 aliphatic rings. The lowest BCUT2D eigenvalue weighted by Gasteiger charge is -2.29. The fraction of sp³-hybridized carbons (Fsp3) is 0.478. The molecule has 3 aromatic rings. The maximum atomic E-state index is 13.1. The Morgan fingerprint density at radius 3 is 2.75 bits per heavy atom. The number of hydrogen-bond acceptors (Lipinski definition) is 7. The second-order valence-electron chi connectivity index (χ2n) is 8.15. The van der Waals surface area contributed by atoms with Gasteiger partial charge in [-0.05, 0) is 49.8 Å². The van der Waals surface area contributed by atoms with E-state index in [1.807, 2.05) is 31.2 Å². The van der Waals surface area contributed by atoms with Crippen molar-refractivity contribution >= 4 is 50.2 Å². The third-order valence-electron chi connectivity index (χ3n) is 5.79. The van der Waals surface area contributed by atoms with Gasteiger partial charge >= 0.3 is 0 Å². The highest BCUT2D eigenvalue weighted by atomic mass is 32.2. The Bertz CT molecular complexity index is 1160. The van der Waals surface area contributed by atoms with E-state index in [2.05, 4.69) is 34.0 Å². The number of carbonyl (C=O) groups excluding carboxylic acids is 1. The summed E-state index contributed by atoms with van der Waals surface area (Å²) < 4.78 is 2.23. The Morgan fingerprint density at radius 1 is 1.25 bits per heavy atom. The minimum atomic E-state index is -0.123. The van der Waals surface area contributed by atoms with Gasteiger partial charge in [-0.3, -0.25) is 14.2 Å². The molecule has 170 valence electrons. The molecule has 1 saturated heterocycles. The van der Waals surface area contributed by atoms with Gasteiger partial charge in [0.1, 0.15) is 4.70 Å². The van der Waals surface area contributed by atoms with Gasteiger partial charge in [0.05, 0.1) is 5.75 Å². The maximum absolute atomic E-state index is 13.1. The van der Waals surface area contributed by atoms with Crippen LogP contribution in [0.4, 0.5) is 10.8 Å². The number of fused-ring (bicyclic) bond motifs is 1. The van der Waals surface area contributed by atoms with E-state index >= 15 is 0 Å². The standard InChI is InChI=1S/C23H29N5O2S2/c1-4-16-7-6-8-17(13-16)24-18(29)14-31-23-26-20-19(21(30)28(23)5-2)32-22(25-20)27-11-9-15(3)10-12-27/h6-8,13,15H,4-5,9-12,14H2,1-3H3,(H,24,29). The average molecular weight is 472 g/mol. The molecule has 3 heterocycles. The van der Waals surface area contributed by atoms with Gasteiger partial charge in [-0.2, -0.15) is 4.98 Å². The molecule has 9 heteroatoms. The van der Waals surface area contributed by atoms with E-state index in [4.69, 9.17) is 0 Å². The molecule has 0 radical (unpaired) electrons. The summed E-state index contributed by atoms with van der Waals surface area (Å²) in [6, 6.07) is 7.84. The van der Waals surface area contributed by atoms with Crippen molar-refractivity contribution in [2.75, 3.05) is 29.1 Å². The fourth-order valence-electron chi connectivity index (χ4n) is 3.80. The van der Waals surface area contributed by atoms with Crippen LogP contribution in [0.25, 0.3) is 10.3 Å². The van der Waals surface area contributed by atoms with Crippen molar-refractivity contribution < 1.29 is 4.79 Å². The highest BCUT2D eigenvalue weighted by molar-refractivity contribution is 7.99. The van der Waals surface area contributed by atoms with Crippen molar-refractivity contribution in [1.82, 2.24) is 14.5 Å². The van der Waals surface area contributed by atoms with Crippen LogP contribution >= 0.6 is 23.1 Å². The van der Waals surface area contributed by atoms with Gasteiger partial charge in [0.15, 0.2) is 15.9 Å². The summed E-state index contributed by atoms with van der Waals surface area (Å²) in [6.45, 7) is 8.70. The van der Waals surface area contributed by atoms with Gasteiger partial charge in [-0.1, -0.05) is 49.1 Å². The van der Waals surface area contributed by atoms with Crippen LogP contribution in [0.15, 0.2) is 34.2 Å². The number of amides is 1. The zero-order valence-corrected chi connectivity index (χ0v) is 20.4. The number of rotatable bonds is 7. The number of nitrogens with one attached hydrogen (secondary N) is 1. The van der Waals surface area contributed by atoms with Crippen LogP contribution in [-0.4, -0.2) is 39.3 Å². The first-order valence-corrected chi connectivity index (χ1v) is 13.0. The van der Waals surface area contributed by atoms with Crippen molar-refractivity contribution in [2.45, 2.75) is 51.7 Å². The van der Waals surface area contributed by atoms with E-state index < -0.39 is 0 Å². The molecule has 0 bridgehead atoms. The van der Waals surface area contributed by atoms with E-state index in [9.17, 15) is 9.59 Å². The summed E-state index contributed by atoms with van der Waals surface area (Å²) in [6.07, 6.45) is 3.19. The Morgan fingerprint density at radius 2 is 2.03 bits per heavy atom. The van der Waals surface area contributed by atoms with E-state index in [0.717, 1.165) is 49.1 Å². The van der Waals surface area contributed by atoms with Crippen molar-refractivity contribution in [1.29, 1.82) is 0 Å². The zero-order chi connectivity index (χ0) is 22.7. The lowest BCUT2D eigenvalue weighted by atomic mass is 10.00. The number of hydrogen-bond donors (Lipinski definition) is 1. The van der Waals surface area contributed by atoms with Crippen LogP contribution in [0.1, 0.15) is 39.2 Å². The zero-order valence-electron chi connectivity index (χ0n) is 18.8. The van der Waals surface area contributed by atoms with Crippen molar-refractivity contribution in [3.63, 3.8) is 0 Å². The third kappa shape index (κ3) is 4.99. The topological polar surface area (TPSA) is 80.1 Å². The number of nitrogens with zero attached hydrogens (tertiary/aromatic N) is 4. The lowest BCUT2D eigenvalue weighted by molar-refractivity contribution is -0.113. The highest BCUT2D eigenvalue weighted by Gasteiger charge is 2.22. The number of piperidine rings is 1. The van der Waals surface area contributed by atoms with Crippen LogP contribution in [0.5, 0.6) is 0 Å². The molecular formula is C23H29N5O2S2. The van der Waals surface area contributed by atoms with Crippen LogP contribution in [0.2, 0.25) is 0 Å². The molecule has 4 rings (SSSR count). The van der Waals surface area contributed by atoms with E-state index in [-0.39, 0.29) is 17.2 Å². The van der Waals surface area contributed by atoms with Gasteiger partial charge in [0.25, 0.3) is 5.56 Å². The second-order valence-corrected chi connectivity index (χ2v) is 10.1. The number of thiazole rings is 1. The van der Waals surface area contributed by atoms with Crippen molar-refractivity contribution in [3.05, 3.63) is 40.2 Å². The van der Waals surface area contributed by atoms with Gasteiger partial charge in [0, 0.05) is 25.3 Å². The summed E-state index contributed by atoms with van der Waals surface area (Å²) in [4.78, 5) is 37.2. The molecule has 7 nitrogen and oxygen atoms in total. The summed E-state index contributed by atoms with van der Waals surface area (Å²) in [5, 5.41) is 4.34. The Balaban J connectivity index is 1.51. The van der Waals surface area contributed by atoms with Gasteiger partial charge in [-0.15, -0.1) is 0 Å². The first kappa shape index (κ1) is 22.8. The maximum Gasteiger partial charge on any atom is 0.273 e. The fourth-order valence-corrected chi connectivity index (χ4v) is 5.65. The summed E-state index contributed by atoms with van der Waals surface area (Å²) >= 11 is 2.70. The van der Waals surface area contributed by atoms with Crippen molar-refractivity contribution in [2.24, 2.45) is 5.92 Å². The minimum Gasteiger partial charge on any atom is -0.348 e. The average Bonchev–Trinajstić information content (AvgIpc) is 3.23. The number of aryl methyl sites for hydroxylation is 1. The summed E-state index contributed by atoms with van der Waals surface area (Å²) in [5.41, 5.74) is 2.36. The molecule has 1 fully saturated rings. The number of benzene rings is 1.